The van der Waals surface area contributed by atoms with Gasteiger partial charge in [-0.05, 0) is 35.3 Å². The van der Waals surface area contributed by atoms with Gasteiger partial charge in [-0.3, -0.25) is 0 Å². The Morgan fingerprint density at radius 2 is 1.48 bits per heavy atom. The molecule has 0 radical (unpaired) electrons. The van der Waals surface area contributed by atoms with Gasteiger partial charge >= 0.3 is 0 Å². The summed E-state index contributed by atoms with van der Waals surface area (Å²) in [7, 11) is 0. The van der Waals surface area contributed by atoms with E-state index in [0.717, 1.165) is 18.8 Å². The van der Waals surface area contributed by atoms with Crippen LogP contribution in [0.3, 0.4) is 0 Å². The van der Waals surface area contributed by atoms with Crippen molar-refractivity contribution in [3.05, 3.63) is 78.4 Å². The van der Waals surface area contributed by atoms with E-state index in [-0.39, 0.29) is 0 Å². The van der Waals surface area contributed by atoms with Gasteiger partial charge in [0.25, 0.3) is 0 Å². The Hall–Kier alpha value is -2.28. The number of ether oxygens (including phenoxy) is 1. The third kappa shape index (κ3) is 3.73. The lowest BCUT2D eigenvalue weighted by Gasteiger charge is -2.21. The summed E-state index contributed by atoms with van der Waals surface area (Å²) in [6.45, 7) is 5.32. The van der Waals surface area contributed by atoms with Crippen LogP contribution in [0.25, 0.3) is 10.8 Å². The maximum absolute atomic E-state index is 6.12. The van der Waals surface area contributed by atoms with Crippen LogP contribution >= 0.6 is 0 Å². The first-order valence-corrected chi connectivity index (χ1v) is 8.41. The van der Waals surface area contributed by atoms with Crippen molar-refractivity contribution in [1.82, 2.24) is 0 Å². The van der Waals surface area contributed by atoms with Crippen molar-refractivity contribution in [1.29, 1.82) is 0 Å². The van der Waals surface area contributed by atoms with Crippen molar-refractivity contribution in [3.63, 3.8) is 0 Å². The Labute approximate surface area is 138 Å². The van der Waals surface area contributed by atoms with Crippen LogP contribution in [0.4, 0.5) is 0 Å². The van der Waals surface area contributed by atoms with E-state index < -0.39 is 0 Å². The second-order valence-corrected chi connectivity index (χ2v) is 6.38. The molecule has 3 aromatic rings. The highest BCUT2D eigenvalue weighted by molar-refractivity contribution is 5.88. The van der Waals surface area contributed by atoms with E-state index in [4.69, 9.17) is 4.74 Å². The molecular formula is C22H24O. The quantitative estimate of drug-likeness (QED) is 0.538. The summed E-state index contributed by atoms with van der Waals surface area (Å²) in [5.74, 6) is 2.12. The highest BCUT2D eigenvalue weighted by Crippen LogP contribution is 2.29. The molecule has 0 aliphatic rings. The number of fused-ring (bicyclic) bond motifs is 1. The monoisotopic (exact) mass is 304 g/mol. The van der Waals surface area contributed by atoms with E-state index in [1.807, 2.05) is 0 Å². The van der Waals surface area contributed by atoms with Crippen molar-refractivity contribution in [2.45, 2.75) is 26.2 Å². The Morgan fingerprint density at radius 1 is 0.783 bits per heavy atom. The largest absolute Gasteiger partial charge is 0.493 e. The fourth-order valence-electron chi connectivity index (χ4n) is 3.20. The molecule has 0 aromatic heterocycles. The van der Waals surface area contributed by atoms with Gasteiger partial charge < -0.3 is 4.74 Å². The third-order valence-corrected chi connectivity index (χ3v) is 4.47. The zero-order valence-electron chi connectivity index (χ0n) is 13.9. The van der Waals surface area contributed by atoms with Crippen LogP contribution in [0.2, 0.25) is 0 Å². The lowest BCUT2D eigenvalue weighted by molar-refractivity contribution is 0.284. The van der Waals surface area contributed by atoms with Gasteiger partial charge in [-0.15, -0.1) is 0 Å². The van der Waals surface area contributed by atoms with E-state index in [1.165, 1.54) is 16.3 Å². The minimum Gasteiger partial charge on any atom is -0.493 e. The molecule has 0 aliphatic carbocycles. The topological polar surface area (TPSA) is 9.23 Å². The van der Waals surface area contributed by atoms with Crippen molar-refractivity contribution >= 4 is 10.8 Å². The summed E-state index contributed by atoms with van der Waals surface area (Å²) in [6, 6.07) is 25.4. The van der Waals surface area contributed by atoms with Crippen molar-refractivity contribution in [3.8, 4) is 5.75 Å². The van der Waals surface area contributed by atoms with Gasteiger partial charge in [0, 0.05) is 5.39 Å². The summed E-state index contributed by atoms with van der Waals surface area (Å²) in [6.07, 6.45) is 1.03. The number of benzene rings is 3. The summed E-state index contributed by atoms with van der Waals surface area (Å²) in [4.78, 5) is 0. The highest BCUT2D eigenvalue weighted by Gasteiger charge is 2.15. The Kier molecular flexibility index (Phi) is 4.97. The molecule has 0 unspecified atom stereocenters. The molecular weight excluding hydrogens is 280 g/mol. The fraction of sp³-hybridized carbons (Fsp3) is 0.273. The van der Waals surface area contributed by atoms with Gasteiger partial charge in [0.05, 0.1) is 6.61 Å². The van der Waals surface area contributed by atoms with Crippen molar-refractivity contribution < 1.29 is 4.74 Å². The van der Waals surface area contributed by atoms with Crippen LogP contribution in [0.15, 0.2) is 72.8 Å². The van der Waals surface area contributed by atoms with Gasteiger partial charge in [-0.25, -0.2) is 0 Å². The lowest BCUT2D eigenvalue weighted by Crippen LogP contribution is -2.11. The Morgan fingerprint density at radius 3 is 2.26 bits per heavy atom. The molecule has 23 heavy (non-hydrogen) atoms. The molecule has 0 heterocycles. The number of rotatable bonds is 6. The minimum absolute atomic E-state index is 0.533. The standard InChI is InChI=1S/C22H24O/c1-17(2)20(18-9-4-3-5-10-18)15-16-23-22-14-8-12-19-11-6-7-13-21(19)22/h3-14,17,20H,15-16H2,1-2H3/t20-/m0/s1. The predicted molar refractivity (Wildman–Crippen MR) is 98.1 cm³/mol. The first-order chi connectivity index (χ1) is 11.3. The Balaban J connectivity index is 1.70. The molecule has 1 nitrogen and oxygen atoms in total. The molecule has 0 N–H and O–H groups in total. The van der Waals surface area contributed by atoms with Crippen molar-refractivity contribution in [2.24, 2.45) is 5.92 Å². The normalized spacial score (nSPS) is 12.5. The van der Waals surface area contributed by atoms with E-state index >= 15 is 0 Å². The minimum atomic E-state index is 0.533. The van der Waals surface area contributed by atoms with E-state index in [1.54, 1.807) is 0 Å². The van der Waals surface area contributed by atoms with Gasteiger partial charge in [-0.1, -0.05) is 80.6 Å². The van der Waals surface area contributed by atoms with Gasteiger partial charge in [0.1, 0.15) is 5.75 Å². The SMILES string of the molecule is CC(C)[C@H](CCOc1cccc2ccccc12)c1ccccc1. The van der Waals surface area contributed by atoms with E-state index in [9.17, 15) is 0 Å². The van der Waals surface area contributed by atoms with Gasteiger partial charge in [0.2, 0.25) is 0 Å². The van der Waals surface area contributed by atoms with Crippen LogP contribution in [-0.4, -0.2) is 6.61 Å². The predicted octanol–water partition coefficient (Wildman–Crippen LogP) is 6.05. The molecule has 118 valence electrons. The summed E-state index contributed by atoms with van der Waals surface area (Å²) < 4.78 is 6.12. The molecule has 0 amide bonds. The molecule has 0 saturated heterocycles. The third-order valence-electron chi connectivity index (χ3n) is 4.47. The maximum Gasteiger partial charge on any atom is 0.127 e. The van der Waals surface area contributed by atoms with Crippen LogP contribution in [0.5, 0.6) is 5.75 Å². The molecule has 0 aliphatic heterocycles. The summed E-state index contributed by atoms with van der Waals surface area (Å²) >= 11 is 0. The van der Waals surface area contributed by atoms with Crippen LogP contribution in [0, 0.1) is 5.92 Å². The summed E-state index contributed by atoms with van der Waals surface area (Å²) in [5.41, 5.74) is 1.41. The zero-order chi connectivity index (χ0) is 16.1. The molecule has 0 spiro atoms. The second-order valence-electron chi connectivity index (χ2n) is 6.38. The molecule has 1 atom stereocenters. The number of hydrogen-bond acceptors (Lipinski definition) is 1. The van der Waals surface area contributed by atoms with Crippen LogP contribution in [0.1, 0.15) is 31.7 Å². The molecule has 0 fully saturated rings. The van der Waals surface area contributed by atoms with E-state index in [2.05, 4.69) is 86.6 Å². The van der Waals surface area contributed by atoms with Crippen molar-refractivity contribution in [2.75, 3.05) is 6.61 Å². The van der Waals surface area contributed by atoms with E-state index in [0.29, 0.717) is 11.8 Å². The summed E-state index contributed by atoms with van der Waals surface area (Å²) in [5, 5.41) is 2.42. The van der Waals surface area contributed by atoms with Crippen LogP contribution in [-0.2, 0) is 0 Å². The van der Waals surface area contributed by atoms with Crippen LogP contribution < -0.4 is 4.74 Å². The molecule has 0 bridgehead atoms. The maximum atomic E-state index is 6.12. The molecule has 3 aromatic carbocycles. The average Bonchev–Trinajstić information content (AvgIpc) is 2.59. The first-order valence-electron chi connectivity index (χ1n) is 8.41. The fourth-order valence-corrected chi connectivity index (χ4v) is 3.20. The first kappa shape index (κ1) is 15.6. The molecule has 3 rings (SSSR count). The average molecular weight is 304 g/mol. The highest BCUT2D eigenvalue weighted by atomic mass is 16.5. The Bertz CT molecular complexity index is 741. The lowest BCUT2D eigenvalue weighted by atomic mass is 9.86. The van der Waals surface area contributed by atoms with Gasteiger partial charge in [-0.2, -0.15) is 0 Å². The molecule has 0 saturated carbocycles. The second kappa shape index (κ2) is 7.32. The molecule has 1 heteroatoms. The zero-order valence-corrected chi connectivity index (χ0v) is 13.9. The van der Waals surface area contributed by atoms with Gasteiger partial charge in [0.15, 0.2) is 0 Å². The smallest absolute Gasteiger partial charge is 0.127 e. The number of hydrogen-bond donors (Lipinski definition) is 0.